The first-order valence-corrected chi connectivity index (χ1v) is 3.68. The molecule has 0 aromatic carbocycles. The molecule has 0 amide bonds. The van der Waals surface area contributed by atoms with Crippen LogP contribution < -0.4 is 11.1 Å². The molecule has 2 nitrogen and oxygen atoms in total. The van der Waals surface area contributed by atoms with Crippen LogP contribution in [0.1, 0.15) is 19.8 Å². The third kappa shape index (κ3) is 1.66. The maximum absolute atomic E-state index is 5.61. The Morgan fingerprint density at radius 1 is 1.44 bits per heavy atom. The number of piperidine rings is 1. The summed E-state index contributed by atoms with van der Waals surface area (Å²) in [5.41, 5.74) is 6.05. The van der Waals surface area contributed by atoms with Crippen LogP contribution in [0.3, 0.4) is 0 Å². The fourth-order valence-corrected chi connectivity index (χ4v) is 1.23. The summed E-state index contributed by atoms with van der Waals surface area (Å²) < 4.78 is 0. The zero-order valence-electron chi connectivity index (χ0n) is 6.11. The summed E-state index contributed by atoms with van der Waals surface area (Å²) in [5, 5.41) is 3.32. The molecule has 1 rings (SSSR count). The number of nitrogens with one attached hydrogen (secondary N) is 1. The Morgan fingerprint density at radius 2 is 2.00 bits per heavy atom. The van der Waals surface area contributed by atoms with Crippen molar-refractivity contribution in [1.82, 2.24) is 5.32 Å². The van der Waals surface area contributed by atoms with E-state index in [1.54, 1.807) is 0 Å². The van der Waals surface area contributed by atoms with Crippen LogP contribution in [0.25, 0.3) is 0 Å². The van der Waals surface area contributed by atoms with Gasteiger partial charge in [-0.1, -0.05) is 6.92 Å². The lowest BCUT2D eigenvalue weighted by Gasteiger charge is -2.32. The molecule has 54 valence electrons. The van der Waals surface area contributed by atoms with Gasteiger partial charge in [-0.3, -0.25) is 0 Å². The third-order valence-electron chi connectivity index (χ3n) is 2.30. The summed E-state index contributed by atoms with van der Waals surface area (Å²) in [7, 11) is 0. The molecule has 2 heteroatoms. The van der Waals surface area contributed by atoms with Crippen molar-refractivity contribution in [1.29, 1.82) is 0 Å². The predicted octanol–water partition coefficient (Wildman–Crippen LogP) is 0.335. The second-order valence-corrected chi connectivity index (χ2v) is 3.26. The number of nitrogens with two attached hydrogens (primary N) is 1. The van der Waals surface area contributed by atoms with Crippen molar-refractivity contribution >= 4 is 0 Å². The van der Waals surface area contributed by atoms with Crippen LogP contribution in [-0.4, -0.2) is 19.6 Å². The van der Waals surface area contributed by atoms with Gasteiger partial charge in [-0.25, -0.2) is 0 Å². The molecule has 3 N–H and O–H groups in total. The van der Waals surface area contributed by atoms with E-state index in [0.717, 1.165) is 19.6 Å². The highest BCUT2D eigenvalue weighted by atomic mass is 14.9. The van der Waals surface area contributed by atoms with Crippen molar-refractivity contribution in [2.24, 2.45) is 11.1 Å². The van der Waals surface area contributed by atoms with Crippen LogP contribution in [0, 0.1) is 5.41 Å². The zero-order chi connectivity index (χ0) is 6.74. The molecule has 0 aromatic rings. The van der Waals surface area contributed by atoms with Gasteiger partial charge in [0.2, 0.25) is 0 Å². The van der Waals surface area contributed by atoms with E-state index < -0.39 is 0 Å². The van der Waals surface area contributed by atoms with E-state index in [1.165, 1.54) is 12.8 Å². The Hall–Kier alpha value is -0.0800. The smallest absolute Gasteiger partial charge is 0.00222 e. The Bertz CT molecular complexity index is 84.9. The molecule has 1 aliphatic heterocycles. The summed E-state index contributed by atoms with van der Waals surface area (Å²) in [6.45, 7) is 5.41. The van der Waals surface area contributed by atoms with Crippen LogP contribution >= 0.6 is 0 Å². The van der Waals surface area contributed by atoms with E-state index in [2.05, 4.69) is 12.2 Å². The second-order valence-electron chi connectivity index (χ2n) is 3.26. The van der Waals surface area contributed by atoms with Crippen molar-refractivity contribution in [3.05, 3.63) is 0 Å². The Morgan fingerprint density at radius 3 is 2.33 bits per heavy atom. The van der Waals surface area contributed by atoms with Gasteiger partial charge in [-0.05, 0) is 37.9 Å². The quantitative estimate of drug-likeness (QED) is 0.534. The minimum atomic E-state index is 0.436. The largest absolute Gasteiger partial charge is 0.330 e. The normalized spacial score (nSPS) is 26.0. The van der Waals surface area contributed by atoms with E-state index >= 15 is 0 Å². The van der Waals surface area contributed by atoms with Gasteiger partial charge in [-0.15, -0.1) is 0 Å². The van der Waals surface area contributed by atoms with Crippen LogP contribution in [0.4, 0.5) is 0 Å². The van der Waals surface area contributed by atoms with Crippen molar-refractivity contribution in [3.63, 3.8) is 0 Å². The molecule has 0 aliphatic carbocycles. The van der Waals surface area contributed by atoms with Gasteiger partial charge >= 0.3 is 0 Å². The summed E-state index contributed by atoms with van der Waals surface area (Å²) in [4.78, 5) is 0. The molecular weight excluding hydrogens is 112 g/mol. The summed E-state index contributed by atoms with van der Waals surface area (Å²) in [5.74, 6) is 0. The van der Waals surface area contributed by atoms with E-state index in [9.17, 15) is 0 Å². The number of hydrogen-bond donors (Lipinski definition) is 2. The average Bonchev–Trinajstić information content (AvgIpc) is 1.90. The summed E-state index contributed by atoms with van der Waals surface area (Å²) >= 11 is 0. The molecule has 1 saturated heterocycles. The standard InChI is InChI=1S/C7H16N2/c1-7(6-8)2-4-9-5-3-7/h9H,2-6,8H2,1H3. The van der Waals surface area contributed by atoms with Crippen molar-refractivity contribution in [2.75, 3.05) is 19.6 Å². The first kappa shape index (κ1) is 7.03. The lowest BCUT2D eigenvalue weighted by Crippen LogP contribution is -2.39. The fraction of sp³-hybridized carbons (Fsp3) is 1.00. The number of rotatable bonds is 1. The second kappa shape index (κ2) is 2.67. The third-order valence-corrected chi connectivity index (χ3v) is 2.30. The lowest BCUT2D eigenvalue weighted by atomic mass is 9.81. The van der Waals surface area contributed by atoms with Gasteiger partial charge in [0, 0.05) is 0 Å². The first-order valence-electron chi connectivity index (χ1n) is 3.68. The summed E-state index contributed by atoms with van der Waals surface area (Å²) in [6, 6.07) is 0. The van der Waals surface area contributed by atoms with Gasteiger partial charge in [0.25, 0.3) is 0 Å². The van der Waals surface area contributed by atoms with E-state index in [1.807, 2.05) is 0 Å². The monoisotopic (exact) mass is 128 g/mol. The lowest BCUT2D eigenvalue weighted by molar-refractivity contribution is 0.240. The Balaban J connectivity index is 2.37. The van der Waals surface area contributed by atoms with E-state index in [0.29, 0.717) is 5.41 Å². The molecule has 0 spiro atoms. The maximum Gasteiger partial charge on any atom is -0.00222 e. The molecule has 0 aromatic heterocycles. The van der Waals surface area contributed by atoms with Crippen LogP contribution in [-0.2, 0) is 0 Å². The van der Waals surface area contributed by atoms with Crippen molar-refractivity contribution in [2.45, 2.75) is 19.8 Å². The molecule has 0 saturated carbocycles. The molecule has 0 bridgehead atoms. The highest BCUT2D eigenvalue weighted by molar-refractivity contribution is 4.80. The minimum absolute atomic E-state index is 0.436. The molecular formula is C7H16N2. The van der Waals surface area contributed by atoms with Gasteiger partial charge in [0.1, 0.15) is 0 Å². The molecule has 1 fully saturated rings. The highest BCUT2D eigenvalue weighted by Crippen LogP contribution is 2.25. The van der Waals surface area contributed by atoms with Gasteiger partial charge in [0.05, 0.1) is 0 Å². The first-order chi connectivity index (χ1) is 4.27. The highest BCUT2D eigenvalue weighted by Gasteiger charge is 2.24. The van der Waals surface area contributed by atoms with E-state index in [-0.39, 0.29) is 0 Å². The molecule has 0 atom stereocenters. The van der Waals surface area contributed by atoms with Gasteiger partial charge in [-0.2, -0.15) is 0 Å². The van der Waals surface area contributed by atoms with Crippen molar-refractivity contribution < 1.29 is 0 Å². The molecule has 1 aliphatic rings. The van der Waals surface area contributed by atoms with Gasteiger partial charge in [0.15, 0.2) is 0 Å². The fourth-order valence-electron chi connectivity index (χ4n) is 1.23. The van der Waals surface area contributed by atoms with Crippen LogP contribution in [0.5, 0.6) is 0 Å². The van der Waals surface area contributed by atoms with Gasteiger partial charge < -0.3 is 11.1 Å². The molecule has 1 heterocycles. The zero-order valence-corrected chi connectivity index (χ0v) is 6.11. The minimum Gasteiger partial charge on any atom is -0.330 e. The Kier molecular flexibility index (Phi) is 2.09. The summed E-state index contributed by atoms with van der Waals surface area (Å²) in [6.07, 6.45) is 2.48. The molecule has 9 heavy (non-hydrogen) atoms. The van der Waals surface area contributed by atoms with Crippen LogP contribution in [0.2, 0.25) is 0 Å². The SMILES string of the molecule is CC1(CN)CCNCC1. The molecule has 0 radical (unpaired) electrons. The maximum atomic E-state index is 5.61. The molecule has 0 unspecified atom stereocenters. The number of hydrogen-bond acceptors (Lipinski definition) is 2. The van der Waals surface area contributed by atoms with Crippen molar-refractivity contribution in [3.8, 4) is 0 Å². The predicted molar refractivity (Wildman–Crippen MR) is 39.3 cm³/mol. The van der Waals surface area contributed by atoms with Crippen LogP contribution in [0.15, 0.2) is 0 Å². The Labute approximate surface area is 56.8 Å². The topological polar surface area (TPSA) is 38.0 Å². The average molecular weight is 128 g/mol. The van der Waals surface area contributed by atoms with E-state index in [4.69, 9.17) is 5.73 Å².